The van der Waals surface area contributed by atoms with Gasteiger partial charge in [-0.1, -0.05) is 0 Å². The van der Waals surface area contributed by atoms with Crippen molar-refractivity contribution in [2.45, 2.75) is 6.92 Å². The minimum atomic E-state index is 0.779. The summed E-state index contributed by atoms with van der Waals surface area (Å²) in [6, 6.07) is 6.24. The number of aromatic amines is 1. The number of anilines is 1. The van der Waals surface area contributed by atoms with Gasteiger partial charge in [0.15, 0.2) is 5.82 Å². The van der Waals surface area contributed by atoms with Crippen molar-refractivity contribution in [1.29, 1.82) is 0 Å². The van der Waals surface area contributed by atoms with Crippen LogP contribution in [0.4, 0.5) is 5.95 Å². The van der Waals surface area contributed by atoms with Crippen molar-refractivity contribution in [1.82, 2.24) is 25.5 Å². The van der Waals surface area contributed by atoms with E-state index in [1.165, 1.54) is 4.70 Å². The minimum absolute atomic E-state index is 0.779. The van der Waals surface area contributed by atoms with Crippen LogP contribution in [0.5, 0.6) is 0 Å². The highest BCUT2D eigenvalue weighted by Crippen LogP contribution is 2.26. The van der Waals surface area contributed by atoms with E-state index < -0.39 is 0 Å². The molecule has 1 aromatic carbocycles. The topological polar surface area (TPSA) is 69.7 Å². The SMILES string of the molecule is Cc1nc2cc(-c3nc(N4CCNCC4)n[nH]3)ccc2s1. The molecule has 1 fully saturated rings. The molecule has 1 aliphatic rings. The van der Waals surface area contributed by atoms with Gasteiger partial charge in [0.25, 0.3) is 0 Å². The molecule has 2 aromatic heterocycles. The molecule has 0 bridgehead atoms. The van der Waals surface area contributed by atoms with Crippen molar-refractivity contribution < 1.29 is 0 Å². The number of hydrogen-bond acceptors (Lipinski definition) is 6. The van der Waals surface area contributed by atoms with Gasteiger partial charge in [-0.25, -0.2) is 4.98 Å². The van der Waals surface area contributed by atoms with Gasteiger partial charge in [0.1, 0.15) is 0 Å². The van der Waals surface area contributed by atoms with E-state index in [2.05, 4.69) is 48.6 Å². The highest BCUT2D eigenvalue weighted by atomic mass is 32.1. The van der Waals surface area contributed by atoms with E-state index in [9.17, 15) is 0 Å². The molecule has 0 spiro atoms. The van der Waals surface area contributed by atoms with Crippen LogP contribution in [0.3, 0.4) is 0 Å². The van der Waals surface area contributed by atoms with Gasteiger partial charge < -0.3 is 10.2 Å². The summed E-state index contributed by atoms with van der Waals surface area (Å²) >= 11 is 1.71. The molecule has 108 valence electrons. The predicted molar refractivity (Wildman–Crippen MR) is 84.8 cm³/mol. The second-order valence-electron chi connectivity index (χ2n) is 5.14. The van der Waals surface area contributed by atoms with Gasteiger partial charge in [-0.2, -0.15) is 4.98 Å². The van der Waals surface area contributed by atoms with Crippen LogP contribution in [0, 0.1) is 6.92 Å². The van der Waals surface area contributed by atoms with Gasteiger partial charge in [0.2, 0.25) is 5.95 Å². The maximum Gasteiger partial charge on any atom is 0.245 e. The Labute approximate surface area is 126 Å². The molecule has 0 radical (unpaired) electrons. The maximum absolute atomic E-state index is 4.62. The highest BCUT2D eigenvalue weighted by Gasteiger charge is 2.15. The third-order valence-electron chi connectivity index (χ3n) is 3.64. The molecule has 0 unspecified atom stereocenters. The molecule has 0 saturated carbocycles. The average Bonchev–Trinajstić information content (AvgIpc) is 3.12. The molecule has 2 N–H and O–H groups in total. The Hall–Kier alpha value is -1.99. The molecule has 7 heteroatoms. The number of nitrogens with one attached hydrogen (secondary N) is 2. The van der Waals surface area contributed by atoms with Gasteiger partial charge >= 0.3 is 0 Å². The lowest BCUT2D eigenvalue weighted by atomic mass is 10.2. The number of nitrogens with zero attached hydrogens (tertiary/aromatic N) is 4. The van der Waals surface area contributed by atoms with Crippen LogP contribution in [-0.4, -0.2) is 46.3 Å². The van der Waals surface area contributed by atoms with Crippen molar-refractivity contribution in [3.63, 3.8) is 0 Å². The number of benzene rings is 1. The van der Waals surface area contributed by atoms with Gasteiger partial charge in [-0.3, -0.25) is 5.10 Å². The molecule has 1 aliphatic heterocycles. The largest absolute Gasteiger partial charge is 0.337 e. The molecular weight excluding hydrogens is 284 g/mol. The summed E-state index contributed by atoms with van der Waals surface area (Å²) in [5.74, 6) is 1.58. The summed E-state index contributed by atoms with van der Waals surface area (Å²) in [7, 11) is 0. The van der Waals surface area contributed by atoms with Crippen LogP contribution in [0.1, 0.15) is 5.01 Å². The van der Waals surface area contributed by atoms with Gasteiger partial charge in [0.05, 0.1) is 15.2 Å². The lowest BCUT2D eigenvalue weighted by molar-refractivity contribution is 0.580. The number of thiazole rings is 1. The molecule has 6 nitrogen and oxygen atoms in total. The van der Waals surface area contributed by atoms with Gasteiger partial charge in [-0.15, -0.1) is 16.4 Å². The summed E-state index contributed by atoms with van der Waals surface area (Å²) in [6.07, 6.45) is 0. The second kappa shape index (κ2) is 5.09. The quantitative estimate of drug-likeness (QED) is 0.755. The number of piperazine rings is 1. The van der Waals surface area contributed by atoms with E-state index in [-0.39, 0.29) is 0 Å². The number of aromatic nitrogens is 4. The van der Waals surface area contributed by atoms with E-state index in [1.807, 2.05) is 6.92 Å². The fourth-order valence-electron chi connectivity index (χ4n) is 2.58. The Bertz CT molecular complexity index is 771. The molecule has 1 saturated heterocycles. The van der Waals surface area contributed by atoms with Crippen molar-refractivity contribution in [3.05, 3.63) is 23.2 Å². The number of aryl methyl sites for hydroxylation is 1. The highest BCUT2D eigenvalue weighted by molar-refractivity contribution is 7.18. The monoisotopic (exact) mass is 300 g/mol. The zero-order valence-corrected chi connectivity index (χ0v) is 12.6. The maximum atomic E-state index is 4.62. The number of fused-ring (bicyclic) bond motifs is 1. The Kier molecular flexibility index (Phi) is 3.08. The van der Waals surface area contributed by atoms with Crippen molar-refractivity contribution in [2.24, 2.45) is 0 Å². The number of rotatable bonds is 2. The lowest BCUT2D eigenvalue weighted by Crippen LogP contribution is -2.44. The second-order valence-corrected chi connectivity index (χ2v) is 6.37. The normalized spacial score (nSPS) is 15.8. The van der Waals surface area contributed by atoms with Crippen LogP contribution in [0.25, 0.3) is 21.6 Å². The fraction of sp³-hybridized carbons (Fsp3) is 0.357. The Morgan fingerprint density at radius 1 is 1.19 bits per heavy atom. The molecule has 0 amide bonds. The standard InChI is InChI=1S/C14H16N6S/c1-9-16-11-8-10(2-3-12(11)21-9)13-17-14(19-18-13)20-6-4-15-5-7-20/h2-3,8,15H,4-7H2,1H3,(H,17,18,19). The summed E-state index contributed by atoms with van der Waals surface area (Å²) in [5, 5.41) is 11.8. The van der Waals surface area contributed by atoms with Crippen LogP contribution >= 0.6 is 11.3 Å². The zero-order chi connectivity index (χ0) is 14.2. The first-order valence-electron chi connectivity index (χ1n) is 7.05. The predicted octanol–water partition coefficient (Wildman–Crippen LogP) is 1.80. The first-order valence-corrected chi connectivity index (χ1v) is 7.87. The van der Waals surface area contributed by atoms with E-state index in [1.54, 1.807) is 11.3 Å². The molecule has 21 heavy (non-hydrogen) atoms. The third-order valence-corrected chi connectivity index (χ3v) is 4.59. The number of hydrogen-bond donors (Lipinski definition) is 2. The first-order chi connectivity index (χ1) is 10.3. The van der Waals surface area contributed by atoms with Crippen LogP contribution in [-0.2, 0) is 0 Å². The van der Waals surface area contributed by atoms with E-state index in [0.717, 1.165) is 54.0 Å². The zero-order valence-electron chi connectivity index (χ0n) is 11.8. The summed E-state index contributed by atoms with van der Waals surface area (Å²) in [6.45, 7) is 5.88. The Morgan fingerprint density at radius 2 is 2.05 bits per heavy atom. The van der Waals surface area contributed by atoms with Gasteiger partial charge in [0, 0.05) is 31.7 Å². The lowest BCUT2D eigenvalue weighted by Gasteiger charge is -2.25. The van der Waals surface area contributed by atoms with Crippen molar-refractivity contribution >= 4 is 27.5 Å². The first kappa shape index (κ1) is 12.7. The summed E-state index contributed by atoms with van der Waals surface area (Å²) in [4.78, 5) is 11.4. The Morgan fingerprint density at radius 3 is 2.90 bits per heavy atom. The van der Waals surface area contributed by atoms with E-state index in [0.29, 0.717) is 0 Å². The van der Waals surface area contributed by atoms with Crippen LogP contribution in [0.15, 0.2) is 18.2 Å². The van der Waals surface area contributed by atoms with Crippen molar-refractivity contribution in [2.75, 3.05) is 31.1 Å². The number of H-pyrrole nitrogens is 1. The van der Waals surface area contributed by atoms with Crippen molar-refractivity contribution in [3.8, 4) is 11.4 Å². The third kappa shape index (κ3) is 2.38. The summed E-state index contributed by atoms with van der Waals surface area (Å²) in [5.41, 5.74) is 2.05. The fourth-order valence-corrected chi connectivity index (χ4v) is 3.39. The molecule has 0 aliphatic carbocycles. The molecule has 3 aromatic rings. The minimum Gasteiger partial charge on any atom is -0.337 e. The smallest absolute Gasteiger partial charge is 0.245 e. The summed E-state index contributed by atoms with van der Waals surface area (Å²) < 4.78 is 1.21. The molecule has 3 heterocycles. The van der Waals surface area contributed by atoms with Crippen LogP contribution in [0.2, 0.25) is 0 Å². The van der Waals surface area contributed by atoms with Crippen LogP contribution < -0.4 is 10.2 Å². The van der Waals surface area contributed by atoms with Gasteiger partial charge in [-0.05, 0) is 25.1 Å². The van der Waals surface area contributed by atoms with E-state index in [4.69, 9.17) is 0 Å². The molecule has 4 rings (SSSR count). The Balaban J connectivity index is 1.66. The average molecular weight is 300 g/mol. The molecule has 0 atom stereocenters. The molecular formula is C14H16N6S. The van der Waals surface area contributed by atoms with E-state index >= 15 is 0 Å².